The third kappa shape index (κ3) is 2.91. The van der Waals surface area contributed by atoms with Crippen LogP contribution >= 0.6 is 0 Å². The third-order valence-electron chi connectivity index (χ3n) is 4.33. The Kier molecular flexibility index (Phi) is 3.48. The van der Waals surface area contributed by atoms with Crippen molar-refractivity contribution < 1.29 is 14.3 Å². The molecule has 2 aromatic rings. The first-order chi connectivity index (χ1) is 11.3. The molecule has 2 aliphatic rings. The summed E-state index contributed by atoms with van der Waals surface area (Å²) >= 11 is 0. The molecule has 2 fully saturated rings. The standard InChI is InChI=1S/C18H18N2O3/c1-22-18(21)16-15(10-19-20-17(16)12-7-8-12)23-14-4-2-3-13(9-14)11-5-6-11/h2-4,9-12H,5-8H2,1H3. The van der Waals surface area contributed by atoms with Crippen LogP contribution in [0.2, 0.25) is 0 Å². The van der Waals surface area contributed by atoms with Gasteiger partial charge in [-0.2, -0.15) is 10.2 Å². The van der Waals surface area contributed by atoms with E-state index in [1.165, 1.54) is 31.7 Å². The minimum absolute atomic E-state index is 0.290. The number of carbonyl (C=O) groups excluding carboxylic acids is 1. The van der Waals surface area contributed by atoms with Gasteiger partial charge in [-0.1, -0.05) is 12.1 Å². The van der Waals surface area contributed by atoms with E-state index in [-0.39, 0.29) is 5.92 Å². The summed E-state index contributed by atoms with van der Waals surface area (Å²) in [7, 11) is 1.37. The summed E-state index contributed by atoms with van der Waals surface area (Å²) in [6.07, 6.45) is 6.01. The summed E-state index contributed by atoms with van der Waals surface area (Å²) in [6.45, 7) is 0. The number of carbonyl (C=O) groups is 1. The second-order valence-corrected chi connectivity index (χ2v) is 6.18. The van der Waals surface area contributed by atoms with Crippen molar-refractivity contribution in [3.05, 3.63) is 47.3 Å². The van der Waals surface area contributed by atoms with E-state index in [9.17, 15) is 4.79 Å². The van der Waals surface area contributed by atoms with Crippen molar-refractivity contribution in [3.8, 4) is 11.5 Å². The van der Waals surface area contributed by atoms with Crippen molar-refractivity contribution in [2.75, 3.05) is 7.11 Å². The Morgan fingerprint density at radius 3 is 2.65 bits per heavy atom. The van der Waals surface area contributed by atoms with Crippen molar-refractivity contribution in [1.29, 1.82) is 0 Å². The van der Waals surface area contributed by atoms with E-state index < -0.39 is 5.97 Å². The molecule has 5 nitrogen and oxygen atoms in total. The van der Waals surface area contributed by atoms with Gasteiger partial charge in [0.25, 0.3) is 0 Å². The predicted octanol–water partition coefficient (Wildman–Crippen LogP) is 3.81. The second kappa shape index (κ2) is 5.65. The SMILES string of the molecule is COC(=O)c1c(Oc2cccc(C3CC3)c2)cnnc1C1CC1. The first-order valence-electron chi connectivity index (χ1n) is 7.98. The van der Waals surface area contributed by atoms with E-state index >= 15 is 0 Å². The molecule has 0 aliphatic heterocycles. The van der Waals surface area contributed by atoms with Crippen LogP contribution < -0.4 is 4.74 Å². The number of hydrogen-bond acceptors (Lipinski definition) is 5. The number of ether oxygens (including phenoxy) is 2. The zero-order valence-corrected chi connectivity index (χ0v) is 13.0. The first-order valence-corrected chi connectivity index (χ1v) is 7.98. The Balaban J connectivity index is 1.69. The first kappa shape index (κ1) is 14.2. The third-order valence-corrected chi connectivity index (χ3v) is 4.33. The maximum Gasteiger partial charge on any atom is 0.343 e. The van der Waals surface area contributed by atoms with Gasteiger partial charge in [-0.15, -0.1) is 0 Å². The summed E-state index contributed by atoms with van der Waals surface area (Å²) < 4.78 is 10.9. The minimum atomic E-state index is -0.421. The lowest BCUT2D eigenvalue weighted by Crippen LogP contribution is -2.10. The van der Waals surface area contributed by atoms with Crippen LogP contribution in [0.5, 0.6) is 11.5 Å². The zero-order chi connectivity index (χ0) is 15.8. The molecule has 0 unspecified atom stereocenters. The van der Waals surface area contributed by atoms with E-state index in [0.29, 0.717) is 28.7 Å². The normalized spacial score (nSPS) is 16.9. The van der Waals surface area contributed by atoms with E-state index in [4.69, 9.17) is 9.47 Å². The van der Waals surface area contributed by atoms with Gasteiger partial charge >= 0.3 is 5.97 Å². The monoisotopic (exact) mass is 310 g/mol. The molecule has 0 atom stereocenters. The van der Waals surface area contributed by atoms with Crippen LogP contribution in [0.3, 0.4) is 0 Å². The summed E-state index contributed by atoms with van der Waals surface area (Å²) in [4.78, 5) is 12.2. The molecule has 5 heteroatoms. The number of rotatable bonds is 5. The van der Waals surface area contributed by atoms with Crippen molar-refractivity contribution in [1.82, 2.24) is 10.2 Å². The highest BCUT2D eigenvalue weighted by Crippen LogP contribution is 2.44. The van der Waals surface area contributed by atoms with Crippen molar-refractivity contribution in [3.63, 3.8) is 0 Å². The molecule has 0 N–H and O–H groups in total. The van der Waals surface area contributed by atoms with E-state index in [2.05, 4.69) is 16.3 Å². The van der Waals surface area contributed by atoms with Crippen LogP contribution in [0.25, 0.3) is 0 Å². The molecule has 0 spiro atoms. The van der Waals surface area contributed by atoms with E-state index in [1.807, 2.05) is 18.2 Å². The quantitative estimate of drug-likeness (QED) is 0.786. The van der Waals surface area contributed by atoms with Crippen LogP contribution in [0.4, 0.5) is 0 Å². The van der Waals surface area contributed by atoms with Crippen molar-refractivity contribution in [2.24, 2.45) is 0 Å². The second-order valence-electron chi connectivity index (χ2n) is 6.18. The Morgan fingerprint density at radius 2 is 1.96 bits per heavy atom. The van der Waals surface area contributed by atoms with E-state index in [0.717, 1.165) is 12.8 Å². The van der Waals surface area contributed by atoms with Gasteiger partial charge in [-0.05, 0) is 49.3 Å². The van der Waals surface area contributed by atoms with Crippen molar-refractivity contribution in [2.45, 2.75) is 37.5 Å². The topological polar surface area (TPSA) is 61.3 Å². The molecule has 0 saturated heterocycles. The summed E-state index contributed by atoms with van der Waals surface area (Å²) in [5.41, 5.74) is 2.38. The molecule has 23 heavy (non-hydrogen) atoms. The maximum absolute atomic E-state index is 12.2. The van der Waals surface area contributed by atoms with Crippen LogP contribution in [0, 0.1) is 0 Å². The number of esters is 1. The molecule has 4 rings (SSSR count). The van der Waals surface area contributed by atoms with Gasteiger partial charge in [-0.3, -0.25) is 0 Å². The zero-order valence-electron chi connectivity index (χ0n) is 13.0. The molecule has 0 bridgehead atoms. The highest BCUT2D eigenvalue weighted by Gasteiger charge is 2.33. The smallest absolute Gasteiger partial charge is 0.343 e. The molecule has 118 valence electrons. The van der Waals surface area contributed by atoms with Gasteiger partial charge in [0, 0.05) is 5.92 Å². The molecule has 1 aromatic carbocycles. The summed E-state index contributed by atoms with van der Waals surface area (Å²) in [5.74, 6) is 1.65. The lowest BCUT2D eigenvalue weighted by molar-refractivity contribution is 0.0595. The highest BCUT2D eigenvalue weighted by atomic mass is 16.5. The number of hydrogen-bond donors (Lipinski definition) is 0. The van der Waals surface area contributed by atoms with Crippen molar-refractivity contribution >= 4 is 5.97 Å². The molecule has 1 heterocycles. The molecule has 2 saturated carbocycles. The Hall–Kier alpha value is -2.43. The lowest BCUT2D eigenvalue weighted by atomic mass is 10.1. The fraction of sp³-hybridized carbons (Fsp3) is 0.389. The molecule has 2 aliphatic carbocycles. The number of benzene rings is 1. The molecule has 0 radical (unpaired) electrons. The number of nitrogens with zero attached hydrogens (tertiary/aromatic N) is 2. The van der Waals surface area contributed by atoms with Gasteiger partial charge in [-0.25, -0.2) is 4.79 Å². The average molecular weight is 310 g/mol. The fourth-order valence-corrected chi connectivity index (χ4v) is 2.79. The van der Waals surface area contributed by atoms with Gasteiger partial charge < -0.3 is 9.47 Å². The lowest BCUT2D eigenvalue weighted by Gasteiger charge is -2.12. The molecule has 0 amide bonds. The Labute approximate surface area is 134 Å². The summed E-state index contributed by atoms with van der Waals surface area (Å²) in [5, 5.41) is 8.14. The van der Waals surface area contributed by atoms with Crippen LogP contribution in [-0.2, 0) is 4.74 Å². The average Bonchev–Trinajstić information content (AvgIpc) is 3.47. The van der Waals surface area contributed by atoms with Gasteiger partial charge in [0.05, 0.1) is 19.0 Å². The Bertz CT molecular complexity index is 752. The van der Waals surface area contributed by atoms with E-state index in [1.54, 1.807) is 0 Å². The number of aromatic nitrogens is 2. The van der Waals surface area contributed by atoms with Gasteiger partial charge in [0.2, 0.25) is 0 Å². The molecule has 1 aromatic heterocycles. The predicted molar refractivity (Wildman–Crippen MR) is 83.8 cm³/mol. The molecular formula is C18H18N2O3. The fourth-order valence-electron chi connectivity index (χ4n) is 2.79. The summed E-state index contributed by atoms with van der Waals surface area (Å²) in [6, 6.07) is 8.03. The number of methoxy groups -OCH3 is 1. The van der Waals surface area contributed by atoms with Crippen LogP contribution in [0.1, 0.15) is 59.1 Å². The molecular weight excluding hydrogens is 292 g/mol. The minimum Gasteiger partial charge on any atom is -0.465 e. The van der Waals surface area contributed by atoms with Crippen LogP contribution in [-0.4, -0.2) is 23.3 Å². The Morgan fingerprint density at radius 1 is 1.17 bits per heavy atom. The maximum atomic E-state index is 12.2. The largest absolute Gasteiger partial charge is 0.465 e. The van der Waals surface area contributed by atoms with Gasteiger partial charge in [0.15, 0.2) is 5.75 Å². The highest BCUT2D eigenvalue weighted by molar-refractivity contribution is 5.93. The van der Waals surface area contributed by atoms with Crippen LogP contribution in [0.15, 0.2) is 30.5 Å². The van der Waals surface area contributed by atoms with Gasteiger partial charge in [0.1, 0.15) is 11.3 Å².